The smallest absolute Gasteiger partial charge is 0.209 e. The van der Waals surface area contributed by atoms with Crippen molar-refractivity contribution in [1.82, 2.24) is 4.98 Å². The number of rotatable bonds is 3. The third-order valence-corrected chi connectivity index (χ3v) is 2.27. The van der Waals surface area contributed by atoms with E-state index < -0.39 is 0 Å². The topological polar surface area (TPSA) is 35.3 Å². The molecule has 78 valence electrons. The molecule has 1 aromatic heterocycles. The van der Waals surface area contributed by atoms with E-state index in [1.54, 1.807) is 13.3 Å². The molecule has 0 unspecified atom stereocenters. The largest absolute Gasteiger partial charge is 0.497 e. The van der Waals surface area contributed by atoms with Crippen LogP contribution in [0, 0.1) is 0 Å². The zero-order valence-electron chi connectivity index (χ0n) is 8.24. The van der Waals surface area contributed by atoms with Gasteiger partial charge >= 0.3 is 0 Å². The quantitative estimate of drug-likeness (QED) is 0.750. The summed E-state index contributed by atoms with van der Waals surface area (Å²) < 4.78 is 10.5. The molecule has 0 bridgehead atoms. The van der Waals surface area contributed by atoms with Crippen molar-refractivity contribution >= 4 is 11.6 Å². The summed E-state index contributed by atoms with van der Waals surface area (Å²) in [6.45, 7) is 0. The molecular weight excluding hydrogens is 214 g/mol. The van der Waals surface area contributed by atoms with E-state index >= 15 is 0 Å². The van der Waals surface area contributed by atoms with Crippen molar-refractivity contribution in [2.45, 2.75) is 5.88 Å². The Morgan fingerprint density at radius 3 is 2.60 bits per heavy atom. The highest BCUT2D eigenvalue weighted by atomic mass is 35.5. The number of benzene rings is 1. The van der Waals surface area contributed by atoms with Gasteiger partial charge in [0.25, 0.3) is 0 Å². The average Bonchev–Trinajstić information content (AvgIpc) is 2.78. The van der Waals surface area contributed by atoms with Crippen LogP contribution in [0.2, 0.25) is 0 Å². The minimum Gasteiger partial charge on any atom is -0.497 e. The number of oxazole rings is 1. The van der Waals surface area contributed by atoms with Crippen LogP contribution in [-0.4, -0.2) is 12.1 Å². The summed E-state index contributed by atoms with van der Waals surface area (Å²) in [5.41, 5.74) is 0.958. The van der Waals surface area contributed by atoms with Crippen LogP contribution in [0.15, 0.2) is 34.9 Å². The van der Waals surface area contributed by atoms with Gasteiger partial charge in [-0.1, -0.05) is 0 Å². The van der Waals surface area contributed by atoms with Gasteiger partial charge < -0.3 is 9.15 Å². The number of ether oxygens (including phenoxy) is 1. The zero-order valence-corrected chi connectivity index (χ0v) is 8.99. The molecule has 4 heteroatoms. The highest BCUT2D eigenvalue weighted by Crippen LogP contribution is 2.23. The van der Waals surface area contributed by atoms with E-state index in [4.69, 9.17) is 20.8 Å². The van der Waals surface area contributed by atoms with Crippen molar-refractivity contribution in [2.24, 2.45) is 0 Å². The summed E-state index contributed by atoms with van der Waals surface area (Å²) in [6, 6.07) is 7.57. The number of methoxy groups -OCH3 is 1. The molecule has 0 spiro atoms. The molecule has 3 nitrogen and oxygen atoms in total. The fraction of sp³-hybridized carbons (Fsp3) is 0.182. The van der Waals surface area contributed by atoms with Crippen LogP contribution in [0.4, 0.5) is 0 Å². The number of aromatic nitrogens is 1. The predicted octanol–water partition coefficient (Wildman–Crippen LogP) is 3.09. The maximum absolute atomic E-state index is 5.60. The molecule has 0 saturated heterocycles. The summed E-state index contributed by atoms with van der Waals surface area (Å²) in [4.78, 5) is 4.02. The van der Waals surface area contributed by atoms with Gasteiger partial charge in [0.05, 0.1) is 19.2 Å². The van der Waals surface area contributed by atoms with E-state index in [0.29, 0.717) is 11.7 Å². The summed E-state index contributed by atoms with van der Waals surface area (Å²) in [5, 5.41) is 0. The Balaban J connectivity index is 2.28. The SMILES string of the molecule is COc1ccc(-c2cnc(CCl)o2)cc1. The zero-order chi connectivity index (χ0) is 10.7. The lowest BCUT2D eigenvalue weighted by atomic mass is 10.2. The summed E-state index contributed by atoms with van der Waals surface area (Å²) in [5.74, 6) is 2.35. The Morgan fingerprint density at radius 2 is 2.07 bits per heavy atom. The minimum atomic E-state index is 0.288. The Morgan fingerprint density at radius 1 is 1.33 bits per heavy atom. The fourth-order valence-electron chi connectivity index (χ4n) is 1.26. The van der Waals surface area contributed by atoms with Crippen molar-refractivity contribution < 1.29 is 9.15 Å². The van der Waals surface area contributed by atoms with Crippen LogP contribution in [-0.2, 0) is 5.88 Å². The first kappa shape index (κ1) is 10.1. The second-order valence-electron chi connectivity index (χ2n) is 2.98. The molecule has 0 radical (unpaired) electrons. The molecule has 0 amide bonds. The Hall–Kier alpha value is -1.48. The molecule has 0 saturated carbocycles. The average molecular weight is 224 g/mol. The predicted molar refractivity (Wildman–Crippen MR) is 58.0 cm³/mol. The van der Waals surface area contributed by atoms with Gasteiger partial charge in [-0.25, -0.2) is 4.98 Å². The maximum Gasteiger partial charge on any atom is 0.209 e. The van der Waals surface area contributed by atoms with Crippen LogP contribution in [0.3, 0.4) is 0 Å². The van der Waals surface area contributed by atoms with E-state index in [9.17, 15) is 0 Å². The van der Waals surface area contributed by atoms with Crippen LogP contribution >= 0.6 is 11.6 Å². The van der Waals surface area contributed by atoms with E-state index in [2.05, 4.69) is 4.98 Å². The molecule has 0 fully saturated rings. The van der Waals surface area contributed by atoms with Gasteiger partial charge in [-0.15, -0.1) is 11.6 Å². The first-order valence-corrected chi connectivity index (χ1v) is 5.02. The first-order valence-electron chi connectivity index (χ1n) is 4.48. The third kappa shape index (κ3) is 2.13. The van der Waals surface area contributed by atoms with E-state index in [-0.39, 0.29) is 5.88 Å². The van der Waals surface area contributed by atoms with Crippen LogP contribution in [0.5, 0.6) is 5.75 Å². The Labute approximate surface area is 92.6 Å². The third-order valence-electron chi connectivity index (χ3n) is 2.04. The van der Waals surface area contributed by atoms with E-state index in [0.717, 1.165) is 11.3 Å². The summed E-state index contributed by atoms with van der Waals surface area (Å²) in [7, 11) is 1.63. The van der Waals surface area contributed by atoms with Gasteiger partial charge in [-0.3, -0.25) is 0 Å². The molecule has 1 heterocycles. The summed E-state index contributed by atoms with van der Waals surface area (Å²) >= 11 is 5.60. The van der Waals surface area contributed by atoms with Crippen LogP contribution in [0.1, 0.15) is 5.89 Å². The van der Waals surface area contributed by atoms with Gasteiger partial charge in [-0.05, 0) is 24.3 Å². The standard InChI is InChI=1S/C11H10ClNO2/c1-14-9-4-2-8(3-5-9)10-7-13-11(6-12)15-10/h2-5,7H,6H2,1H3. The molecule has 0 atom stereocenters. The highest BCUT2D eigenvalue weighted by molar-refractivity contribution is 6.16. The van der Waals surface area contributed by atoms with Crippen molar-refractivity contribution in [3.63, 3.8) is 0 Å². The van der Waals surface area contributed by atoms with Crippen molar-refractivity contribution in [2.75, 3.05) is 7.11 Å². The molecule has 0 aliphatic carbocycles. The molecular formula is C11H10ClNO2. The second-order valence-corrected chi connectivity index (χ2v) is 3.25. The number of hydrogen-bond donors (Lipinski definition) is 0. The number of hydrogen-bond acceptors (Lipinski definition) is 3. The molecule has 0 aliphatic heterocycles. The highest BCUT2D eigenvalue weighted by Gasteiger charge is 2.05. The number of halogens is 1. The molecule has 1 aromatic carbocycles. The van der Waals surface area contributed by atoms with Crippen molar-refractivity contribution in [1.29, 1.82) is 0 Å². The Kier molecular flexibility index (Phi) is 2.92. The summed E-state index contributed by atoms with van der Waals surface area (Å²) in [6.07, 6.45) is 1.67. The lowest BCUT2D eigenvalue weighted by Crippen LogP contribution is -1.81. The Bertz CT molecular complexity index is 436. The second kappa shape index (κ2) is 4.36. The normalized spacial score (nSPS) is 10.3. The van der Waals surface area contributed by atoms with Gasteiger partial charge in [0.1, 0.15) is 5.75 Å². The maximum atomic E-state index is 5.60. The van der Waals surface area contributed by atoms with Crippen LogP contribution in [0.25, 0.3) is 11.3 Å². The van der Waals surface area contributed by atoms with Crippen molar-refractivity contribution in [3.8, 4) is 17.1 Å². The van der Waals surface area contributed by atoms with Crippen molar-refractivity contribution in [3.05, 3.63) is 36.4 Å². The van der Waals surface area contributed by atoms with Gasteiger partial charge in [0, 0.05) is 5.56 Å². The number of alkyl halides is 1. The van der Waals surface area contributed by atoms with Crippen LogP contribution < -0.4 is 4.74 Å². The lowest BCUT2D eigenvalue weighted by Gasteiger charge is -1.99. The van der Waals surface area contributed by atoms with E-state index in [1.165, 1.54) is 0 Å². The fourth-order valence-corrected chi connectivity index (χ4v) is 1.38. The molecule has 0 aliphatic rings. The first-order chi connectivity index (χ1) is 7.33. The molecule has 2 rings (SSSR count). The lowest BCUT2D eigenvalue weighted by molar-refractivity contribution is 0.415. The molecule has 2 aromatic rings. The minimum absolute atomic E-state index is 0.288. The van der Waals surface area contributed by atoms with E-state index in [1.807, 2.05) is 24.3 Å². The molecule has 15 heavy (non-hydrogen) atoms. The van der Waals surface area contributed by atoms with Gasteiger partial charge in [-0.2, -0.15) is 0 Å². The monoisotopic (exact) mass is 223 g/mol. The number of nitrogens with zero attached hydrogens (tertiary/aromatic N) is 1. The molecule has 0 N–H and O–H groups in total. The van der Waals surface area contributed by atoms with Gasteiger partial charge in [0.2, 0.25) is 5.89 Å². The van der Waals surface area contributed by atoms with Gasteiger partial charge in [0.15, 0.2) is 5.76 Å².